The lowest BCUT2D eigenvalue weighted by Crippen LogP contribution is -2.40. The Morgan fingerprint density at radius 3 is 2.71 bits per heavy atom. The number of nitrogens with zero attached hydrogens (tertiary/aromatic N) is 2. The van der Waals surface area contributed by atoms with Gasteiger partial charge in [0.15, 0.2) is 0 Å². The summed E-state index contributed by atoms with van der Waals surface area (Å²) in [6, 6.07) is 10.7. The molecule has 1 aliphatic heterocycles. The van der Waals surface area contributed by atoms with Gasteiger partial charge >= 0.3 is 0 Å². The summed E-state index contributed by atoms with van der Waals surface area (Å²) in [5.74, 6) is 0. The van der Waals surface area contributed by atoms with E-state index in [1.54, 1.807) is 0 Å². The Bertz CT molecular complexity index is 425. The number of piperidine rings is 1. The molecule has 0 amide bonds. The zero-order valence-corrected chi connectivity index (χ0v) is 10.3. The second-order valence-corrected chi connectivity index (χ2v) is 4.90. The summed E-state index contributed by atoms with van der Waals surface area (Å²) in [5, 5.41) is 9.55. The van der Waals surface area contributed by atoms with Crippen molar-refractivity contribution < 1.29 is 0 Å². The first-order valence-corrected chi connectivity index (χ1v) is 6.09. The summed E-state index contributed by atoms with van der Waals surface area (Å²) >= 11 is 0. The Morgan fingerprint density at radius 1 is 1.41 bits per heavy atom. The summed E-state index contributed by atoms with van der Waals surface area (Å²) in [6.07, 6.45) is 1.82. The molecule has 90 valence electrons. The summed E-state index contributed by atoms with van der Waals surface area (Å²) in [7, 11) is 2.11. The Labute approximate surface area is 103 Å². The van der Waals surface area contributed by atoms with Crippen molar-refractivity contribution in [3.63, 3.8) is 0 Å². The molecule has 0 unspecified atom stereocenters. The minimum Gasteiger partial charge on any atom is -0.326 e. The minimum atomic E-state index is -0.308. The molecule has 1 aromatic rings. The summed E-state index contributed by atoms with van der Waals surface area (Å²) in [6.45, 7) is 2.51. The number of rotatable bonds is 2. The zero-order chi connectivity index (χ0) is 12.3. The van der Waals surface area contributed by atoms with Crippen molar-refractivity contribution in [3.05, 3.63) is 35.4 Å². The monoisotopic (exact) mass is 229 g/mol. The molecule has 0 bridgehead atoms. The summed E-state index contributed by atoms with van der Waals surface area (Å²) in [5.41, 5.74) is 7.60. The van der Waals surface area contributed by atoms with Gasteiger partial charge in [0.25, 0.3) is 0 Å². The van der Waals surface area contributed by atoms with Crippen molar-refractivity contribution in [2.75, 3.05) is 20.1 Å². The predicted octanol–water partition coefficient (Wildman–Crippen LogP) is 1.63. The van der Waals surface area contributed by atoms with Crippen LogP contribution in [-0.2, 0) is 12.0 Å². The fourth-order valence-corrected chi connectivity index (χ4v) is 2.46. The van der Waals surface area contributed by atoms with Crippen molar-refractivity contribution in [1.29, 1.82) is 5.26 Å². The Kier molecular flexibility index (Phi) is 3.46. The standard InChI is InChI=1S/C14H19N3/c1-17-7-5-14(11-16,6-8-17)13-4-2-3-12(9-13)10-15/h2-4,9H,5-8,10,15H2,1H3. The van der Waals surface area contributed by atoms with E-state index in [-0.39, 0.29) is 5.41 Å². The van der Waals surface area contributed by atoms with Crippen molar-refractivity contribution in [1.82, 2.24) is 4.90 Å². The van der Waals surface area contributed by atoms with E-state index in [0.29, 0.717) is 6.54 Å². The number of nitrogens with two attached hydrogens (primary N) is 1. The normalized spacial score (nSPS) is 19.8. The van der Waals surface area contributed by atoms with Crippen LogP contribution in [0.4, 0.5) is 0 Å². The van der Waals surface area contributed by atoms with E-state index >= 15 is 0 Å². The molecule has 3 nitrogen and oxygen atoms in total. The largest absolute Gasteiger partial charge is 0.326 e. The molecule has 0 atom stereocenters. The van der Waals surface area contributed by atoms with Crippen molar-refractivity contribution >= 4 is 0 Å². The number of benzene rings is 1. The van der Waals surface area contributed by atoms with E-state index < -0.39 is 0 Å². The van der Waals surface area contributed by atoms with E-state index in [2.05, 4.69) is 30.1 Å². The first-order valence-electron chi connectivity index (χ1n) is 6.09. The molecule has 1 saturated heterocycles. The number of likely N-dealkylation sites (tertiary alicyclic amines) is 1. The van der Waals surface area contributed by atoms with Crippen LogP contribution in [0, 0.1) is 11.3 Å². The lowest BCUT2D eigenvalue weighted by Gasteiger charge is -2.36. The van der Waals surface area contributed by atoms with Crippen LogP contribution in [0.2, 0.25) is 0 Å². The predicted molar refractivity (Wildman–Crippen MR) is 68.4 cm³/mol. The van der Waals surface area contributed by atoms with Crippen LogP contribution < -0.4 is 5.73 Å². The molecule has 1 aliphatic rings. The Balaban J connectivity index is 2.32. The molecule has 17 heavy (non-hydrogen) atoms. The quantitative estimate of drug-likeness (QED) is 0.838. The smallest absolute Gasteiger partial charge is 0.0846 e. The van der Waals surface area contributed by atoms with Crippen LogP contribution in [0.15, 0.2) is 24.3 Å². The van der Waals surface area contributed by atoms with Crippen LogP contribution in [0.5, 0.6) is 0 Å². The average molecular weight is 229 g/mol. The van der Waals surface area contributed by atoms with Gasteiger partial charge in [-0.2, -0.15) is 5.26 Å². The molecule has 2 rings (SSSR count). The molecule has 1 aromatic carbocycles. The highest BCUT2D eigenvalue weighted by Gasteiger charge is 2.35. The first kappa shape index (κ1) is 12.1. The highest BCUT2D eigenvalue weighted by Crippen LogP contribution is 2.34. The van der Waals surface area contributed by atoms with Gasteiger partial charge in [-0.15, -0.1) is 0 Å². The fraction of sp³-hybridized carbons (Fsp3) is 0.500. The highest BCUT2D eigenvalue weighted by molar-refractivity contribution is 5.36. The molecule has 0 radical (unpaired) electrons. The summed E-state index contributed by atoms with van der Waals surface area (Å²) < 4.78 is 0. The first-order chi connectivity index (χ1) is 8.20. The van der Waals surface area contributed by atoms with Gasteiger partial charge < -0.3 is 10.6 Å². The number of hydrogen-bond donors (Lipinski definition) is 1. The number of nitriles is 1. The average Bonchev–Trinajstić information content (AvgIpc) is 2.40. The molecule has 0 spiro atoms. The van der Waals surface area contributed by atoms with Crippen LogP contribution >= 0.6 is 0 Å². The molecular weight excluding hydrogens is 210 g/mol. The zero-order valence-electron chi connectivity index (χ0n) is 10.3. The maximum absolute atomic E-state index is 9.55. The minimum absolute atomic E-state index is 0.308. The fourth-order valence-electron chi connectivity index (χ4n) is 2.46. The van der Waals surface area contributed by atoms with Gasteiger partial charge in [0.1, 0.15) is 0 Å². The highest BCUT2D eigenvalue weighted by atomic mass is 15.1. The molecule has 1 fully saturated rings. The molecule has 0 aliphatic carbocycles. The van der Waals surface area contributed by atoms with Crippen molar-refractivity contribution in [2.45, 2.75) is 24.8 Å². The van der Waals surface area contributed by atoms with E-state index in [0.717, 1.165) is 37.1 Å². The second-order valence-electron chi connectivity index (χ2n) is 4.90. The maximum Gasteiger partial charge on any atom is 0.0846 e. The maximum atomic E-state index is 9.55. The molecule has 0 aromatic heterocycles. The molecule has 2 N–H and O–H groups in total. The van der Waals surface area contributed by atoms with E-state index in [9.17, 15) is 5.26 Å². The van der Waals surface area contributed by atoms with Crippen LogP contribution in [0.3, 0.4) is 0 Å². The topological polar surface area (TPSA) is 53.0 Å². The third kappa shape index (κ3) is 2.33. The van der Waals surface area contributed by atoms with E-state index in [1.807, 2.05) is 12.1 Å². The van der Waals surface area contributed by atoms with Crippen molar-refractivity contribution in [2.24, 2.45) is 5.73 Å². The number of hydrogen-bond acceptors (Lipinski definition) is 3. The van der Waals surface area contributed by atoms with E-state index in [4.69, 9.17) is 5.73 Å². The second kappa shape index (κ2) is 4.87. The van der Waals surface area contributed by atoms with E-state index in [1.165, 1.54) is 0 Å². The third-order valence-corrected chi connectivity index (χ3v) is 3.77. The van der Waals surface area contributed by atoms with Gasteiger partial charge in [-0.1, -0.05) is 24.3 Å². The van der Waals surface area contributed by atoms with Gasteiger partial charge in [-0.25, -0.2) is 0 Å². The Hall–Kier alpha value is -1.37. The summed E-state index contributed by atoms with van der Waals surface area (Å²) in [4.78, 5) is 2.28. The van der Waals surface area contributed by atoms with Crippen LogP contribution in [-0.4, -0.2) is 25.0 Å². The molecule has 0 saturated carbocycles. The Morgan fingerprint density at radius 2 is 2.12 bits per heavy atom. The van der Waals surface area contributed by atoms with Gasteiger partial charge in [-0.3, -0.25) is 0 Å². The van der Waals surface area contributed by atoms with Gasteiger partial charge in [0, 0.05) is 6.54 Å². The van der Waals surface area contributed by atoms with Crippen molar-refractivity contribution in [3.8, 4) is 6.07 Å². The van der Waals surface area contributed by atoms with Gasteiger partial charge in [0.2, 0.25) is 0 Å². The molecule has 3 heteroatoms. The molecule has 1 heterocycles. The molecular formula is C14H19N3. The van der Waals surface area contributed by atoms with Gasteiger partial charge in [-0.05, 0) is 44.1 Å². The van der Waals surface area contributed by atoms with Gasteiger partial charge in [0.05, 0.1) is 11.5 Å². The lowest BCUT2D eigenvalue weighted by atomic mass is 9.74. The SMILES string of the molecule is CN1CCC(C#N)(c2cccc(CN)c2)CC1. The van der Waals surface area contributed by atoms with Crippen LogP contribution in [0.25, 0.3) is 0 Å². The van der Waals surface area contributed by atoms with Crippen LogP contribution in [0.1, 0.15) is 24.0 Å². The third-order valence-electron chi connectivity index (χ3n) is 3.77. The lowest BCUT2D eigenvalue weighted by molar-refractivity contribution is 0.222.